The van der Waals surface area contributed by atoms with Gasteiger partial charge in [0.25, 0.3) is 0 Å². The average molecular weight is 306 g/mol. The third-order valence-electron chi connectivity index (χ3n) is 4.12. The predicted molar refractivity (Wildman–Crippen MR) is 68.9 cm³/mol. The first-order chi connectivity index (χ1) is 9.28. The molecule has 20 heavy (non-hydrogen) atoms. The standard InChI is InChI=1S/C14H14F4OS/c15-12-5-8(14(16,17)18)1-4-11(12)13(19)6-9-2-3-10(7-13)20-9/h1,4-5,9-10,19H,2-3,6-7H2. The Hall–Kier alpha value is -0.750. The molecule has 2 aliphatic rings. The molecule has 0 saturated carbocycles. The lowest BCUT2D eigenvalue weighted by atomic mass is 9.85. The number of rotatable bonds is 1. The quantitative estimate of drug-likeness (QED) is 0.789. The van der Waals surface area contributed by atoms with Gasteiger partial charge in [-0.2, -0.15) is 24.9 Å². The lowest BCUT2D eigenvalue weighted by Crippen LogP contribution is -2.35. The van der Waals surface area contributed by atoms with Crippen LogP contribution in [0.3, 0.4) is 0 Å². The number of benzene rings is 1. The van der Waals surface area contributed by atoms with E-state index in [4.69, 9.17) is 0 Å². The van der Waals surface area contributed by atoms with Crippen molar-refractivity contribution in [2.75, 3.05) is 0 Å². The van der Waals surface area contributed by atoms with Crippen LogP contribution in [-0.4, -0.2) is 15.6 Å². The number of alkyl halides is 3. The van der Waals surface area contributed by atoms with Crippen LogP contribution >= 0.6 is 11.8 Å². The number of thioether (sulfide) groups is 1. The second-order valence-electron chi connectivity index (χ2n) is 5.59. The van der Waals surface area contributed by atoms with Crippen molar-refractivity contribution in [3.05, 3.63) is 35.1 Å². The van der Waals surface area contributed by atoms with Crippen LogP contribution in [0, 0.1) is 5.82 Å². The first-order valence-electron chi connectivity index (χ1n) is 6.53. The van der Waals surface area contributed by atoms with Gasteiger partial charge in [0.2, 0.25) is 0 Å². The fourth-order valence-corrected chi connectivity index (χ4v) is 5.04. The molecule has 0 aliphatic carbocycles. The fourth-order valence-electron chi connectivity index (χ4n) is 3.21. The van der Waals surface area contributed by atoms with Gasteiger partial charge in [-0.3, -0.25) is 0 Å². The molecule has 1 N–H and O–H groups in total. The number of aliphatic hydroxyl groups is 1. The molecule has 2 fully saturated rings. The largest absolute Gasteiger partial charge is 0.416 e. The average Bonchev–Trinajstić information content (AvgIpc) is 2.67. The molecule has 6 heteroatoms. The van der Waals surface area contributed by atoms with E-state index in [1.54, 1.807) is 11.8 Å². The van der Waals surface area contributed by atoms with Crippen molar-refractivity contribution in [3.8, 4) is 0 Å². The van der Waals surface area contributed by atoms with Crippen LogP contribution in [0.2, 0.25) is 0 Å². The zero-order valence-electron chi connectivity index (χ0n) is 10.6. The summed E-state index contributed by atoms with van der Waals surface area (Å²) in [5.41, 5.74) is -2.34. The molecule has 2 aliphatic heterocycles. The summed E-state index contributed by atoms with van der Waals surface area (Å²) in [4.78, 5) is 0. The Bertz CT molecular complexity index is 516. The van der Waals surface area contributed by atoms with Crippen LogP contribution in [0.1, 0.15) is 36.8 Å². The topological polar surface area (TPSA) is 20.2 Å². The van der Waals surface area contributed by atoms with Gasteiger partial charge in [0, 0.05) is 16.1 Å². The van der Waals surface area contributed by atoms with Crippen LogP contribution in [0.15, 0.2) is 18.2 Å². The summed E-state index contributed by atoms with van der Waals surface area (Å²) >= 11 is 1.80. The highest BCUT2D eigenvalue weighted by molar-refractivity contribution is 8.00. The van der Waals surface area contributed by atoms with Crippen molar-refractivity contribution in [2.24, 2.45) is 0 Å². The number of halogens is 4. The highest BCUT2D eigenvalue weighted by Crippen LogP contribution is 2.51. The summed E-state index contributed by atoms with van der Waals surface area (Å²) in [6.45, 7) is 0. The normalized spacial score (nSPS) is 33.5. The molecule has 2 unspecified atom stereocenters. The Morgan fingerprint density at radius 2 is 1.75 bits per heavy atom. The predicted octanol–water partition coefficient (Wildman–Crippen LogP) is 4.09. The summed E-state index contributed by atoms with van der Waals surface area (Å²) in [6.07, 6.45) is -1.77. The number of hydrogen-bond donors (Lipinski definition) is 1. The molecule has 1 aromatic carbocycles. The molecular weight excluding hydrogens is 292 g/mol. The van der Waals surface area contributed by atoms with E-state index in [-0.39, 0.29) is 16.1 Å². The minimum absolute atomic E-state index is 0.00250. The molecule has 1 aromatic rings. The molecule has 0 radical (unpaired) electrons. The van der Waals surface area contributed by atoms with Crippen LogP contribution in [0.25, 0.3) is 0 Å². The van der Waals surface area contributed by atoms with E-state index < -0.39 is 23.2 Å². The Morgan fingerprint density at radius 1 is 1.15 bits per heavy atom. The molecule has 2 atom stereocenters. The summed E-state index contributed by atoms with van der Waals surface area (Å²) < 4.78 is 51.6. The van der Waals surface area contributed by atoms with Crippen molar-refractivity contribution >= 4 is 11.8 Å². The number of fused-ring (bicyclic) bond motifs is 2. The number of hydrogen-bond acceptors (Lipinski definition) is 2. The minimum Gasteiger partial charge on any atom is -0.385 e. The maximum absolute atomic E-state index is 14.0. The summed E-state index contributed by atoms with van der Waals surface area (Å²) in [7, 11) is 0. The molecule has 0 amide bonds. The molecule has 2 heterocycles. The van der Waals surface area contributed by atoms with Gasteiger partial charge in [-0.15, -0.1) is 0 Å². The van der Waals surface area contributed by atoms with Crippen LogP contribution < -0.4 is 0 Å². The minimum atomic E-state index is -4.57. The van der Waals surface area contributed by atoms with Crippen molar-refractivity contribution in [3.63, 3.8) is 0 Å². The smallest absolute Gasteiger partial charge is 0.385 e. The Morgan fingerprint density at radius 3 is 2.25 bits per heavy atom. The molecule has 2 bridgehead atoms. The van der Waals surface area contributed by atoms with Crippen molar-refractivity contribution in [2.45, 2.75) is 48.0 Å². The first kappa shape index (κ1) is 14.2. The third-order valence-corrected chi connectivity index (χ3v) is 5.70. The van der Waals surface area contributed by atoms with Gasteiger partial charge in [0.05, 0.1) is 11.2 Å². The van der Waals surface area contributed by atoms with E-state index in [0.29, 0.717) is 18.9 Å². The van der Waals surface area contributed by atoms with Gasteiger partial charge in [0.1, 0.15) is 5.82 Å². The molecule has 1 nitrogen and oxygen atoms in total. The Balaban J connectivity index is 1.94. The van der Waals surface area contributed by atoms with E-state index in [2.05, 4.69) is 0 Å². The van der Waals surface area contributed by atoms with Crippen LogP contribution in [0.5, 0.6) is 0 Å². The SMILES string of the molecule is OC1(c2ccc(C(F)(F)F)cc2F)CC2CCC(C1)S2. The van der Waals surface area contributed by atoms with Crippen molar-refractivity contribution < 1.29 is 22.7 Å². The molecule has 0 aromatic heterocycles. The zero-order chi connectivity index (χ0) is 14.5. The monoisotopic (exact) mass is 306 g/mol. The van der Waals surface area contributed by atoms with Gasteiger partial charge in [-0.1, -0.05) is 6.07 Å². The second-order valence-corrected chi connectivity index (χ2v) is 7.20. The summed E-state index contributed by atoms with van der Waals surface area (Å²) in [5, 5.41) is 11.2. The van der Waals surface area contributed by atoms with Gasteiger partial charge in [-0.25, -0.2) is 4.39 Å². The van der Waals surface area contributed by atoms with Crippen LogP contribution in [0.4, 0.5) is 17.6 Å². The van der Waals surface area contributed by atoms with E-state index in [0.717, 1.165) is 25.0 Å². The highest BCUT2D eigenvalue weighted by Gasteiger charge is 2.45. The first-order valence-corrected chi connectivity index (χ1v) is 7.47. The Labute approximate surface area is 118 Å². The van der Waals surface area contributed by atoms with Crippen LogP contribution in [-0.2, 0) is 11.8 Å². The van der Waals surface area contributed by atoms with Crippen molar-refractivity contribution in [1.82, 2.24) is 0 Å². The lowest BCUT2D eigenvalue weighted by Gasteiger charge is -2.36. The van der Waals surface area contributed by atoms with E-state index in [1.165, 1.54) is 0 Å². The molecule has 0 spiro atoms. The molecule has 2 saturated heterocycles. The Kier molecular flexibility index (Phi) is 3.29. The van der Waals surface area contributed by atoms with Crippen molar-refractivity contribution in [1.29, 1.82) is 0 Å². The molecular formula is C14H14F4OS. The van der Waals surface area contributed by atoms with Gasteiger partial charge in [-0.05, 0) is 37.8 Å². The zero-order valence-corrected chi connectivity index (χ0v) is 11.4. The fraction of sp³-hybridized carbons (Fsp3) is 0.571. The highest BCUT2D eigenvalue weighted by atomic mass is 32.2. The third kappa shape index (κ3) is 2.44. The van der Waals surface area contributed by atoms with E-state index in [9.17, 15) is 22.7 Å². The summed E-state index contributed by atoms with van der Waals surface area (Å²) in [6, 6.07) is 2.42. The summed E-state index contributed by atoms with van der Waals surface area (Å²) in [5.74, 6) is -0.964. The van der Waals surface area contributed by atoms with Gasteiger partial charge >= 0.3 is 6.18 Å². The lowest BCUT2D eigenvalue weighted by molar-refractivity contribution is -0.137. The van der Waals surface area contributed by atoms with Gasteiger partial charge < -0.3 is 5.11 Å². The maximum atomic E-state index is 14.0. The van der Waals surface area contributed by atoms with Gasteiger partial charge in [0.15, 0.2) is 0 Å². The molecule has 110 valence electrons. The van der Waals surface area contributed by atoms with E-state index in [1.807, 2.05) is 0 Å². The second kappa shape index (κ2) is 4.63. The van der Waals surface area contributed by atoms with E-state index >= 15 is 0 Å². The molecule has 3 rings (SSSR count). The maximum Gasteiger partial charge on any atom is 0.416 e.